The lowest BCUT2D eigenvalue weighted by atomic mass is 10.0. The van der Waals surface area contributed by atoms with Gasteiger partial charge in [0.15, 0.2) is 12.2 Å². The molecule has 2 unspecified atom stereocenters. The average Bonchev–Trinajstić information content (AvgIpc) is 0.909. The van der Waals surface area contributed by atoms with Gasteiger partial charge in [-0.3, -0.25) is 37.3 Å². The molecule has 0 amide bonds. The first kappa shape index (κ1) is 100. The molecule has 0 aromatic rings. The fourth-order valence-electron chi connectivity index (χ4n) is 12.9. The Kier molecular flexibility index (Phi) is 74.4. The van der Waals surface area contributed by atoms with Crippen molar-refractivity contribution in [2.45, 2.75) is 464 Å². The third-order valence-corrected chi connectivity index (χ3v) is 21.4. The van der Waals surface area contributed by atoms with E-state index in [9.17, 15) is 43.2 Å². The van der Waals surface area contributed by atoms with Gasteiger partial charge in [0.1, 0.15) is 19.3 Å². The summed E-state index contributed by atoms with van der Waals surface area (Å²) < 4.78 is 68.6. The zero-order chi connectivity index (χ0) is 74.8. The average molecular weight is 1490 g/mol. The third kappa shape index (κ3) is 76.3. The molecule has 0 aliphatic heterocycles. The van der Waals surface area contributed by atoms with Gasteiger partial charge in [-0.1, -0.05) is 394 Å². The predicted octanol–water partition coefficient (Wildman–Crippen LogP) is 25.2. The van der Waals surface area contributed by atoms with E-state index >= 15 is 0 Å². The number of aliphatic hydroxyl groups is 1. The second-order valence-electron chi connectivity index (χ2n) is 30.3. The summed E-state index contributed by atoms with van der Waals surface area (Å²) in [7, 11) is -9.92. The molecular formula is C83H162O17P2. The summed E-state index contributed by atoms with van der Waals surface area (Å²) >= 11 is 0. The molecule has 0 saturated heterocycles. The summed E-state index contributed by atoms with van der Waals surface area (Å²) in [6, 6.07) is 0. The first-order valence-corrected chi connectivity index (χ1v) is 46.1. The van der Waals surface area contributed by atoms with Gasteiger partial charge < -0.3 is 33.8 Å². The number of carbonyl (C=O) groups excluding carboxylic acids is 4. The van der Waals surface area contributed by atoms with Crippen LogP contribution in [0.15, 0.2) is 0 Å². The molecule has 19 heteroatoms. The highest BCUT2D eigenvalue weighted by Crippen LogP contribution is 2.45. The summed E-state index contributed by atoms with van der Waals surface area (Å²) in [6.07, 6.45) is 68.5. The van der Waals surface area contributed by atoms with E-state index in [1.54, 1.807) is 0 Å². The Balaban J connectivity index is 5.15. The second-order valence-corrected chi connectivity index (χ2v) is 33.3. The monoisotopic (exact) mass is 1490 g/mol. The number of unbranched alkanes of at least 4 members (excludes halogenated alkanes) is 55. The lowest BCUT2D eigenvalue weighted by Gasteiger charge is -2.21. The van der Waals surface area contributed by atoms with Crippen molar-refractivity contribution in [1.29, 1.82) is 0 Å². The Morgan fingerprint density at radius 2 is 0.451 bits per heavy atom. The number of rotatable bonds is 83. The number of phosphoric acid groups is 2. The molecule has 102 heavy (non-hydrogen) atoms. The van der Waals surface area contributed by atoms with Crippen LogP contribution in [0, 0.1) is 5.92 Å². The third-order valence-electron chi connectivity index (χ3n) is 19.5. The highest BCUT2D eigenvalue weighted by molar-refractivity contribution is 7.47. The molecule has 0 rings (SSSR count). The standard InChI is InChI=1S/C83H162O17P2/c1-6-9-12-15-18-21-24-26-28-30-32-34-36-38-40-42-44-46-49-52-59-64-69-83(88)99-78(72-93-80(85)66-61-56-50-48-45-43-41-39-37-35-33-31-29-27-25-22-19-16-13-10-7-2)74-97-101(89,90)95-70-77(84)71-96-102(91,92)98-75-79(73-94-81(86)67-62-57-54-53-55-60-65-76(4)5)100-82(87)68-63-58-51-47-23-20-17-14-11-8-3/h76-79,84H,6-75H2,1-5H3,(H,89,90)(H,91,92)/t77-,78-,79-/m1/s1. The van der Waals surface area contributed by atoms with Gasteiger partial charge >= 0.3 is 39.5 Å². The van der Waals surface area contributed by atoms with E-state index in [0.29, 0.717) is 31.6 Å². The number of phosphoric ester groups is 2. The van der Waals surface area contributed by atoms with Crippen LogP contribution in [0.2, 0.25) is 0 Å². The summed E-state index contributed by atoms with van der Waals surface area (Å²) in [5.41, 5.74) is 0. The van der Waals surface area contributed by atoms with E-state index in [0.717, 1.165) is 96.3 Å². The molecule has 0 aromatic heterocycles. The lowest BCUT2D eigenvalue weighted by Crippen LogP contribution is -2.30. The topological polar surface area (TPSA) is 237 Å². The van der Waals surface area contributed by atoms with Gasteiger partial charge in [0.25, 0.3) is 0 Å². The summed E-state index contributed by atoms with van der Waals surface area (Å²) in [6.45, 7) is 7.23. The SMILES string of the molecule is CCCCCCCCCCCCCCCCCCCCCCCCC(=O)O[C@H](COC(=O)CCCCCCCCCCCCCCCCCCCCCCC)COP(=O)(O)OC[C@@H](O)COP(=O)(O)OC[C@@H](COC(=O)CCCCCCCCC(C)C)OC(=O)CCCCCCCCCCCC. The Labute approximate surface area is 626 Å². The summed E-state index contributed by atoms with van der Waals surface area (Å²) in [4.78, 5) is 72.9. The lowest BCUT2D eigenvalue weighted by molar-refractivity contribution is -0.161. The molecular weight excluding hydrogens is 1330 g/mol. The number of esters is 4. The first-order valence-electron chi connectivity index (χ1n) is 43.1. The number of aliphatic hydroxyl groups excluding tert-OH is 1. The van der Waals surface area contributed by atoms with E-state index in [1.807, 2.05) is 0 Å². The van der Waals surface area contributed by atoms with Crippen LogP contribution in [0.4, 0.5) is 0 Å². The van der Waals surface area contributed by atoms with E-state index < -0.39 is 97.5 Å². The van der Waals surface area contributed by atoms with Gasteiger partial charge in [0, 0.05) is 25.7 Å². The van der Waals surface area contributed by atoms with Crippen molar-refractivity contribution in [1.82, 2.24) is 0 Å². The van der Waals surface area contributed by atoms with Crippen LogP contribution in [0.3, 0.4) is 0 Å². The fourth-order valence-corrected chi connectivity index (χ4v) is 14.5. The summed E-state index contributed by atoms with van der Waals surface area (Å²) in [5, 5.41) is 10.6. The number of hydrogen-bond donors (Lipinski definition) is 3. The van der Waals surface area contributed by atoms with Crippen molar-refractivity contribution >= 4 is 39.5 Å². The van der Waals surface area contributed by atoms with E-state index in [-0.39, 0.29) is 25.7 Å². The number of hydrogen-bond acceptors (Lipinski definition) is 15. The molecule has 0 heterocycles. The van der Waals surface area contributed by atoms with Crippen molar-refractivity contribution < 1.29 is 80.2 Å². The molecule has 0 saturated carbocycles. The Morgan fingerprint density at radius 1 is 0.265 bits per heavy atom. The highest BCUT2D eigenvalue weighted by atomic mass is 31.2. The zero-order valence-corrected chi connectivity index (χ0v) is 68.5. The van der Waals surface area contributed by atoms with Crippen LogP contribution in [0.5, 0.6) is 0 Å². The van der Waals surface area contributed by atoms with Crippen molar-refractivity contribution in [2.75, 3.05) is 39.6 Å². The van der Waals surface area contributed by atoms with Crippen LogP contribution < -0.4 is 0 Å². The van der Waals surface area contributed by atoms with Gasteiger partial charge in [-0.25, -0.2) is 9.13 Å². The summed E-state index contributed by atoms with van der Waals surface area (Å²) in [5.74, 6) is -1.43. The maximum atomic E-state index is 13.1. The minimum Gasteiger partial charge on any atom is -0.462 e. The number of carbonyl (C=O) groups is 4. The molecule has 0 bridgehead atoms. The second kappa shape index (κ2) is 75.9. The van der Waals surface area contributed by atoms with E-state index in [4.69, 9.17) is 37.0 Å². The Hall–Kier alpha value is -1.94. The molecule has 5 atom stereocenters. The molecule has 0 aliphatic rings. The van der Waals surface area contributed by atoms with Crippen LogP contribution >= 0.6 is 15.6 Å². The molecule has 0 aliphatic carbocycles. The van der Waals surface area contributed by atoms with Crippen LogP contribution in [0.1, 0.15) is 446 Å². The van der Waals surface area contributed by atoms with Crippen LogP contribution in [-0.2, 0) is 65.4 Å². The van der Waals surface area contributed by atoms with Gasteiger partial charge in [-0.2, -0.15) is 0 Å². The highest BCUT2D eigenvalue weighted by Gasteiger charge is 2.30. The van der Waals surface area contributed by atoms with Gasteiger partial charge in [0.2, 0.25) is 0 Å². The van der Waals surface area contributed by atoms with Crippen molar-refractivity contribution in [3.8, 4) is 0 Å². The van der Waals surface area contributed by atoms with Gasteiger partial charge in [-0.15, -0.1) is 0 Å². The molecule has 0 radical (unpaired) electrons. The van der Waals surface area contributed by atoms with Crippen LogP contribution in [0.25, 0.3) is 0 Å². The molecule has 0 aromatic carbocycles. The molecule has 17 nitrogen and oxygen atoms in total. The molecule has 0 fully saturated rings. The normalized spacial score (nSPS) is 13.8. The van der Waals surface area contributed by atoms with E-state index in [1.165, 1.54) is 263 Å². The van der Waals surface area contributed by atoms with Gasteiger partial charge in [-0.05, 0) is 31.6 Å². The molecule has 0 spiro atoms. The minimum atomic E-state index is -4.96. The van der Waals surface area contributed by atoms with Crippen molar-refractivity contribution in [2.24, 2.45) is 5.92 Å². The fraction of sp³-hybridized carbons (Fsp3) is 0.952. The minimum absolute atomic E-state index is 0.106. The van der Waals surface area contributed by atoms with Gasteiger partial charge in [0.05, 0.1) is 26.4 Å². The Bertz CT molecular complexity index is 1940. The smallest absolute Gasteiger partial charge is 0.462 e. The van der Waals surface area contributed by atoms with Crippen molar-refractivity contribution in [3.05, 3.63) is 0 Å². The largest absolute Gasteiger partial charge is 0.472 e. The zero-order valence-electron chi connectivity index (χ0n) is 66.8. The van der Waals surface area contributed by atoms with E-state index in [2.05, 4.69) is 34.6 Å². The van der Waals surface area contributed by atoms with Crippen molar-refractivity contribution in [3.63, 3.8) is 0 Å². The molecule has 3 N–H and O–H groups in total. The molecule has 606 valence electrons. The number of ether oxygens (including phenoxy) is 4. The maximum Gasteiger partial charge on any atom is 0.472 e. The first-order chi connectivity index (χ1) is 49.5. The van der Waals surface area contributed by atoms with Crippen LogP contribution in [-0.4, -0.2) is 96.7 Å². The maximum absolute atomic E-state index is 13.1. The predicted molar refractivity (Wildman–Crippen MR) is 418 cm³/mol. The quantitative estimate of drug-likeness (QED) is 0.0222. The Morgan fingerprint density at radius 3 is 0.667 bits per heavy atom.